The van der Waals surface area contributed by atoms with E-state index in [1.165, 1.54) is 5.56 Å². The van der Waals surface area contributed by atoms with E-state index in [4.69, 9.17) is 5.73 Å². The van der Waals surface area contributed by atoms with E-state index in [0.29, 0.717) is 12.0 Å². The predicted molar refractivity (Wildman–Crippen MR) is 81.1 cm³/mol. The van der Waals surface area contributed by atoms with Gasteiger partial charge >= 0.3 is 0 Å². The lowest BCUT2D eigenvalue weighted by atomic mass is 9.92. The smallest absolute Gasteiger partial charge is 0.236 e. The maximum atomic E-state index is 11.7. The van der Waals surface area contributed by atoms with Crippen molar-refractivity contribution in [2.45, 2.75) is 25.9 Å². The van der Waals surface area contributed by atoms with E-state index < -0.39 is 0 Å². The van der Waals surface area contributed by atoms with Gasteiger partial charge in [0.2, 0.25) is 5.91 Å². The molecular formula is C16H25N3O. The molecule has 2 N–H and O–H groups in total. The normalized spacial score (nSPS) is 23.6. The summed E-state index contributed by atoms with van der Waals surface area (Å²) >= 11 is 0. The van der Waals surface area contributed by atoms with Gasteiger partial charge in [-0.3, -0.25) is 9.69 Å². The molecule has 4 heteroatoms. The van der Waals surface area contributed by atoms with E-state index in [9.17, 15) is 4.79 Å². The molecule has 110 valence electrons. The number of piperidine rings is 1. The fourth-order valence-corrected chi connectivity index (χ4v) is 3.11. The molecule has 0 unspecified atom stereocenters. The molecule has 0 saturated carbocycles. The number of likely N-dealkylation sites (N-methyl/N-ethyl adjacent to an activating group) is 1. The van der Waals surface area contributed by atoms with Crippen molar-refractivity contribution in [3.8, 4) is 0 Å². The van der Waals surface area contributed by atoms with Gasteiger partial charge in [-0.2, -0.15) is 0 Å². The molecule has 1 amide bonds. The number of amides is 1. The van der Waals surface area contributed by atoms with Crippen molar-refractivity contribution >= 4 is 5.91 Å². The summed E-state index contributed by atoms with van der Waals surface area (Å²) in [6, 6.07) is 10.9. The molecule has 20 heavy (non-hydrogen) atoms. The second-order valence-corrected chi connectivity index (χ2v) is 5.76. The molecule has 0 aliphatic carbocycles. The molecule has 1 heterocycles. The fraction of sp³-hybridized carbons (Fsp3) is 0.562. The molecule has 1 fully saturated rings. The molecule has 0 spiro atoms. The lowest BCUT2D eigenvalue weighted by Gasteiger charge is -2.41. The summed E-state index contributed by atoms with van der Waals surface area (Å²) in [5.41, 5.74) is 6.80. The van der Waals surface area contributed by atoms with Crippen LogP contribution < -0.4 is 5.73 Å². The van der Waals surface area contributed by atoms with Crippen LogP contribution in [-0.2, 0) is 11.3 Å². The number of rotatable bonds is 4. The van der Waals surface area contributed by atoms with Crippen molar-refractivity contribution in [3.05, 3.63) is 35.9 Å². The lowest BCUT2D eigenvalue weighted by Crippen LogP contribution is -2.51. The number of nitrogens with two attached hydrogens (primary N) is 1. The molecule has 2 rings (SSSR count). The topological polar surface area (TPSA) is 49.6 Å². The zero-order valence-corrected chi connectivity index (χ0v) is 12.5. The molecule has 1 aromatic rings. The monoisotopic (exact) mass is 275 g/mol. The van der Waals surface area contributed by atoms with Crippen molar-refractivity contribution in [3.63, 3.8) is 0 Å². The summed E-state index contributed by atoms with van der Waals surface area (Å²) < 4.78 is 0. The number of likely N-dealkylation sites (tertiary alicyclic amines) is 1. The zero-order chi connectivity index (χ0) is 14.5. The zero-order valence-electron chi connectivity index (χ0n) is 12.5. The van der Waals surface area contributed by atoms with Gasteiger partial charge in [-0.15, -0.1) is 0 Å². The third-order valence-electron chi connectivity index (χ3n) is 4.26. The first kappa shape index (κ1) is 15.0. The second-order valence-electron chi connectivity index (χ2n) is 5.76. The van der Waals surface area contributed by atoms with Crippen molar-refractivity contribution < 1.29 is 4.79 Å². The molecule has 1 saturated heterocycles. The molecular weight excluding hydrogens is 250 g/mol. The quantitative estimate of drug-likeness (QED) is 0.901. The highest BCUT2D eigenvalue weighted by Gasteiger charge is 2.30. The molecule has 1 aromatic carbocycles. The third-order valence-corrected chi connectivity index (χ3v) is 4.26. The molecule has 1 aliphatic heterocycles. The SMILES string of the molecule is C[C@@H]1CN(Cc2ccccc2)CC[C@@H]1N(C)C(=O)CN. The van der Waals surface area contributed by atoms with E-state index in [-0.39, 0.29) is 12.5 Å². The van der Waals surface area contributed by atoms with Crippen LogP contribution in [0.5, 0.6) is 0 Å². The first-order chi connectivity index (χ1) is 9.61. The van der Waals surface area contributed by atoms with Crippen molar-refractivity contribution in [1.29, 1.82) is 0 Å². The van der Waals surface area contributed by atoms with Gasteiger partial charge in [0.05, 0.1) is 6.54 Å². The summed E-state index contributed by atoms with van der Waals surface area (Å²) in [6.07, 6.45) is 1.02. The molecule has 2 atom stereocenters. The standard InChI is InChI=1S/C16H25N3O/c1-13-11-19(12-14-6-4-3-5-7-14)9-8-15(13)18(2)16(20)10-17/h3-7,13,15H,8-12,17H2,1-2H3/t13-,15+/m1/s1. The van der Waals surface area contributed by atoms with Gasteiger partial charge in [0.1, 0.15) is 0 Å². The number of hydrogen-bond acceptors (Lipinski definition) is 3. The van der Waals surface area contributed by atoms with Crippen LogP contribution in [0.4, 0.5) is 0 Å². The summed E-state index contributed by atoms with van der Waals surface area (Å²) in [5.74, 6) is 0.520. The van der Waals surface area contributed by atoms with Gasteiger partial charge < -0.3 is 10.6 Å². The van der Waals surface area contributed by atoms with Gasteiger partial charge in [-0.25, -0.2) is 0 Å². The Morgan fingerprint density at radius 2 is 2.10 bits per heavy atom. The minimum absolute atomic E-state index is 0.0401. The maximum Gasteiger partial charge on any atom is 0.236 e. The molecule has 1 aliphatic rings. The highest BCUT2D eigenvalue weighted by atomic mass is 16.2. The van der Waals surface area contributed by atoms with Crippen LogP contribution in [0.2, 0.25) is 0 Å². The summed E-state index contributed by atoms with van der Waals surface area (Å²) in [4.78, 5) is 16.0. The molecule has 0 bridgehead atoms. The van der Waals surface area contributed by atoms with Crippen LogP contribution in [0.3, 0.4) is 0 Å². The fourth-order valence-electron chi connectivity index (χ4n) is 3.11. The van der Waals surface area contributed by atoms with Gasteiger partial charge in [-0.1, -0.05) is 37.3 Å². The van der Waals surface area contributed by atoms with Gasteiger partial charge in [0, 0.05) is 32.7 Å². The van der Waals surface area contributed by atoms with Gasteiger partial charge in [0.15, 0.2) is 0 Å². The summed E-state index contributed by atoms with van der Waals surface area (Å²) in [6.45, 7) is 5.38. The van der Waals surface area contributed by atoms with E-state index in [0.717, 1.165) is 26.1 Å². The Bertz CT molecular complexity index is 435. The first-order valence-electron chi connectivity index (χ1n) is 7.34. The van der Waals surface area contributed by atoms with E-state index in [1.54, 1.807) is 0 Å². The van der Waals surface area contributed by atoms with E-state index >= 15 is 0 Å². The molecule has 0 radical (unpaired) electrons. The van der Waals surface area contributed by atoms with Gasteiger partial charge in [-0.05, 0) is 17.9 Å². The summed E-state index contributed by atoms with van der Waals surface area (Å²) in [7, 11) is 1.88. The Morgan fingerprint density at radius 1 is 1.40 bits per heavy atom. The van der Waals surface area contributed by atoms with Crippen molar-refractivity contribution in [2.75, 3.05) is 26.7 Å². The van der Waals surface area contributed by atoms with Crippen LogP contribution in [0.15, 0.2) is 30.3 Å². The van der Waals surface area contributed by atoms with Crippen LogP contribution in [-0.4, -0.2) is 48.4 Å². The average Bonchev–Trinajstić information content (AvgIpc) is 2.47. The van der Waals surface area contributed by atoms with Crippen molar-refractivity contribution in [1.82, 2.24) is 9.80 Å². The van der Waals surface area contributed by atoms with E-state index in [1.807, 2.05) is 18.0 Å². The Balaban J connectivity index is 1.90. The Kier molecular flexibility index (Phi) is 5.15. The predicted octanol–water partition coefficient (Wildman–Crippen LogP) is 1.31. The number of carbonyl (C=O) groups is 1. The largest absolute Gasteiger partial charge is 0.341 e. The average molecular weight is 275 g/mol. The van der Waals surface area contributed by atoms with Crippen LogP contribution in [0, 0.1) is 5.92 Å². The Labute approximate surface area is 121 Å². The minimum atomic E-state index is 0.0401. The molecule has 4 nitrogen and oxygen atoms in total. The number of nitrogens with zero attached hydrogens (tertiary/aromatic N) is 2. The minimum Gasteiger partial charge on any atom is -0.341 e. The van der Waals surface area contributed by atoms with Crippen LogP contribution in [0.1, 0.15) is 18.9 Å². The van der Waals surface area contributed by atoms with Crippen molar-refractivity contribution in [2.24, 2.45) is 11.7 Å². The lowest BCUT2D eigenvalue weighted by molar-refractivity contribution is -0.132. The second kappa shape index (κ2) is 6.86. The first-order valence-corrected chi connectivity index (χ1v) is 7.34. The Hall–Kier alpha value is -1.39. The van der Waals surface area contributed by atoms with Crippen LogP contribution in [0.25, 0.3) is 0 Å². The Morgan fingerprint density at radius 3 is 2.70 bits per heavy atom. The van der Waals surface area contributed by atoms with Crippen LogP contribution >= 0.6 is 0 Å². The van der Waals surface area contributed by atoms with E-state index in [2.05, 4.69) is 36.1 Å². The number of carbonyl (C=O) groups excluding carboxylic acids is 1. The van der Waals surface area contributed by atoms with Gasteiger partial charge in [0.25, 0.3) is 0 Å². The third kappa shape index (κ3) is 3.58. The highest BCUT2D eigenvalue weighted by Crippen LogP contribution is 2.22. The maximum absolute atomic E-state index is 11.7. The summed E-state index contributed by atoms with van der Waals surface area (Å²) in [5, 5.41) is 0. The highest BCUT2D eigenvalue weighted by molar-refractivity contribution is 5.78. The molecule has 0 aromatic heterocycles. The number of hydrogen-bond donors (Lipinski definition) is 1. The number of benzene rings is 1.